The molecule has 0 N–H and O–H groups in total. The molecule has 0 heterocycles. The first-order valence-corrected chi connectivity index (χ1v) is 4.35. The van der Waals surface area contributed by atoms with Gasteiger partial charge in [0, 0.05) is 6.61 Å². The maximum absolute atomic E-state index is 5.52. The Morgan fingerprint density at radius 3 is 2.42 bits per heavy atom. The summed E-state index contributed by atoms with van der Waals surface area (Å²) in [4.78, 5) is 0. The first-order valence-electron chi connectivity index (χ1n) is 4.35. The van der Waals surface area contributed by atoms with Gasteiger partial charge in [-0.05, 0) is 27.2 Å². The fraction of sp³-hybridized carbons (Fsp3) is 0.800. The van der Waals surface area contributed by atoms with Crippen molar-refractivity contribution in [1.29, 1.82) is 0 Å². The van der Waals surface area contributed by atoms with Crippen LogP contribution in [0.25, 0.3) is 0 Å². The van der Waals surface area contributed by atoms with E-state index >= 15 is 0 Å². The molecule has 0 aromatic carbocycles. The van der Waals surface area contributed by atoms with Crippen LogP contribution in [-0.4, -0.2) is 18.5 Å². The van der Waals surface area contributed by atoms with Gasteiger partial charge in [-0.2, -0.15) is 0 Å². The first-order chi connectivity index (χ1) is 5.58. The second kappa shape index (κ2) is 5.18. The molecule has 12 heavy (non-hydrogen) atoms. The van der Waals surface area contributed by atoms with E-state index in [4.69, 9.17) is 15.9 Å². The molecule has 70 valence electrons. The van der Waals surface area contributed by atoms with Crippen LogP contribution in [-0.2, 0) is 9.47 Å². The van der Waals surface area contributed by atoms with E-state index in [9.17, 15) is 0 Å². The van der Waals surface area contributed by atoms with E-state index in [2.05, 4.69) is 5.92 Å². The van der Waals surface area contributed by atoms with Crippen molar-refractivity contribution in [2.45, 2.75) is 46.0 Å². The van der Waals surface area contributed by atoms with Crippen molar-refractivity contribution in [2.24, 2.45) is 0 Å². The van der Waals surface area contributed by atoms with Crippen molar-refractivity contribution in [3.63, 3.8) is 0 Å². The molecule has 0 amide bonds. The van der Waals surface area contributed by atoms with E-state index in [1.54, 1.807) is 0 Å². The summed E-state index contributed by atoms with van der Waals surface area (Å²) in [6.07, 6.45) is 5.90. The minimum atomic E-state index is -0.491. The van der Waals surface area contributed by atoms with E-state index in [1.807, 2.05) is 27.7 Å². The average molecular weight is 170 g/mol. The topological polar surface area (TPSA) is 18.5 Å². The van der Waals surface area contributed by atoms with Gasteiger partial charge in [-0.15, -0.1) is 6.42 Å². The molecular weight excluding hydrogens is 152 g/mol. The van der Waals surface area contributed by atoms with E-state index < -0.39 is 5.60 Å². The summed E-state index contributed by atoms with van der Waals surface area (Å²) in [7, 11) is 0. The predicted molar refractivity (Wildman–Crippen MR) is 49.7 cm³/mol. The zero-order valence-electron chi connectivity index (χ0n) is 8.39. The fourth-order valence-corrected chi connectivity index (χ4v) is 0.854. The summed E-state index contributed by atoms with van der Waals surface area (Å²) in [5, 5.41) is 0. The molecule has 0 aliphatic carbocycles. The van der Waals surface area contributed by atoms with Gasteiger partial charge in [-0.25, -0.2) is 0 Å². The quantitative estimate of drug-likeness (QED) is 0.465. The minimum absolute atomic E-state index is 0.226. The number of hydrogen-bond donors (Lipinski definition) is 0. The zero-order chi connectivity index (χ0) is 9.61. The van der Waals surface area contributed by atoms with Gasteiger partial charge in [0.25, 0.3) is 0 Å². The van der Waals surface area contributed by atoms with Gasteiger partial charge < -0.3 is 9.47 Å². The van der Waals surface area contributed by atoms with Crippen LogP contribution in [0.3, 0.4) is 0 Å². The molecule has 0 rings (SSSR count). The van der Waals surface area contributed by atoms with Crippen molar-refractivity contribution >= 4 is 0 Å². The third kappa shape index (κ3) is 3.75. The third-order valence-electron chi connectivity index (χ3n) is 1.81. The summed E-state index contributed by atoms with van der Waals surface area (Å²) in [5.74, 6) is 2.62. The highest BCUT2D eigenvalue weighted by Crippen LogP contribution is 2.16. The fourth-order valence-electron chi connectivity index (χ4n) is 0.854. The highest BCUT2D eigenvalue weighted by Gasteiger charge is 2.22. The van der Waals surface area contributed by atoms with Crippen molar-refractivity contribution in [3.8, 4) is 12.3 Å². The summed E-state index contributed by atoms with van der Waals surface area (Å²) in [6.45, 7) is 8.32. The molecule has 0 fully saturated rings. The highest BCUT2D eigenvalue weighted by molar-refractivity contribution is 5.05. The van der Waals surface area contributed by atoms with E-state index in [1.165, 1.54) is 0 Å². The van der Waals surface area contributed by atoms with Gasteiger partial charge in [0.05, 0.1) is 0 Å². The van der Waals surface area contributed by atoms with Crippen molar-refractivity contribution < 1.29 is 9.47 Å². The first kappa shape index (κ1) is 11.5. The highest BCUT2D eigenvalue weighted by atomic mass is 16.7. The Bertz CT molecular complexity index is 160. The van der Waals surface area contributed by atoms with Crippen LogP contribution in [0, 0.1) is 12.3 Å². The average Bonchev–Trinajstić information content (AvgIpc) is 2.05. The van der Waals surface area contributed by atoms with Crippen molar-refractivity contribution in [3.05, 3.63) is 0 Å². The van der Waals surface area contributed by atoms with Crippen LogP contribution in [0.5, 0.6) is 0 Å². The smallest absolute Gasteiger partial charge is 0.156 e. The van der Waals surface area contributed by atoms with Crippen molar-refractivity contribution in [2.75, 3.05) is 6.61 Å². The molecule has 0 radical (unpaired) electrons. The van der Waals surface area contributed by atoms with Gasteiger partial charge >= 0.3 is 0 Å². The molecule has 0 aliphatic rings. The van der Waals surface area contributed by atoms with Crippen LogP contribution in [0.15, 0.2) is 0 Å². The monoisotopic (exact) mass is 170 g/mol. The Morgan fingerprint density at radius 1 is 1.50 bits per heavy atom. The molecule has 2 nitrogen and oxygen atoms in total. The van der Waals surface area contributed by atoms with Crippen molar-refractivity contribution in [1.82, 2.24) is 0 Å². The van der Waals surface area contributed by atoms with Gasteiger partial charge in [0.1, 0.15) is 5.60 Å². The molecule has 2 heteroatoms. The Balaban J connectivity index is 3.95. The number of rotatable bonds is 5. The Kier molecular flexibility index (Phi) is 4.96. The third-order valence-corrected chi connectivity index (χ3v) is 1.81. The summed E-state index contributed by atoms with van der Waals surface area (Å²) < 4.78 is 10.7. The minimum Gasteiger partial charge on any atom is -0.353 e. The van der Waals surface area contributed by atoms with Gasteiger partial charge in [0.2, 0.25) is 0 Å². The lowest BCUT2D eigenvalue weighted by Crippen LogP contribution is -2.31. The van der Waals surface area contributed by atoms with Crippen LogP contribution < -0.4 is 0 Å². The molecule has 0 aliphatic heterocycles. The molecule has 0 aromatic heterocycles. The van der Waals surface area contributed by atoms with E-state index in [-0.39, 0.29) is 6.29 Å². The van der Waals surface area contributed by atoms with Crippen LogP contribution in [0.1, 0.15) is 34.1 Å². The lowest BCUT2D eigenvalue weighted by molar-refractivity contribution is -0.176. The molecule has 0 saturated heterocycles. The molecule has 0 saturated carbocycles. The molecule has 0 spiro atoms. The van der Waals surface area contributed by atoms with Gasteiger partial charge in [0.15, 0.2) is 6.29 Å². The normalized spacial score (nSPS) is 17.9. The zero-order valence-corrected chi connectivity index (χ0v) is 8.39. The molecule has 2 unspecified atom stereocenters. The summed E-state index contributed by atoms with van der Waals surface area (Å²) >= 11 is 0. The van der Waals surface area contributed by atoms with E-state index in [0.717, 1.165) is 6.42 Å². The second-order valence-electron chi connectivity index (χ2n) is 2.87. The Morgan fingerprint density at radius 2 is 2.08 bits per heavy atom. The summed E-state index contributed by atoms with van der Waals surface area (Å²) in [6, 6.07) is 0. The van der Waals surface area contributed by atoms with E-state index in [0.29, 0.717) is 6.61 Å². The molecule has 0 aromatic rings. The largest absolute Gasteiger partial charge is 0.353 e. The second-order valence-corrected chi connectivity index (χ2v) is 2.87. The Hall–Kier alpha value is -0.520. The number of hydrogen-bond acceptors (Lipinski definition) is 2. The number of ether oxygens (including phenoxy) is 2. The number of terminal acetylenes is 1. The lowest BCUT2D eigenvalue weighted by atomic mass is 10.1. The maximum atomic E-state index is 5.52. The predicted octanol–water partition coefficient (Wildman–Crippen LogP) is 2.19. The van der Waals surface area contributed by atoms with Crippen LogP contribution in [0.4, 0.5) is 0 Å². The van der Waals surface area contributed by atoms with Crippen LogP contribution >= 0.6 is 0 Å². The van der Waals surface area contributed by atoms with Gasteiger partial charge in [-0.1, -0.05) is 12.8 Å². The summed E-state index contributed by atoms with van der Waals surface area (Å²) in [5.41, 5.74) is -0.491. The van der Waals surface area contributed by atoms with Crippen LogP contribution in [0.2, 0.25) is 0 Å². The maximum Gasteiger partial charge on any atom is 0.156 e. The SMILES string of the molecule is C#CC(C)(CC)OC(C)OCC. The lowest BCUT2D eigenvalue weighted by Gasteiger charge is -2.26. The Labute approximate surface area is 75.3 Å². The molecular formula is C10H18O2. The standard InChI is InChI=1S/C10H18O2/c1-6-10(5,7-2)12-9(4)11-8-3/h1,9H,7-8H2,2-5H3. The van der Waals surface area contributed by atoms with Gasteiger partial charge in [-0.3, -0.25) is 0 Å². The molecule has 2 atom stereocenters. The molecule has 0 bridgehead atoms.